The number of benzene rings is 1. The standard InChI is InChI=1S/C9H14N4O2/c1-14-12-7-5-3-4-6-8(7)13(15-2)9(10)11/h3-6,12H,1-2H3,(H3,10,11)/p+1. The van der Waals surface area contributed by atoms with Gasteiger partial charge in [-0.25, -0.2) is 0 Å². The normalized spacial score (nSPS) is 9.47. The maximum absolute atomic E-state index is 5.47. The molecule has 82 valence electrons. The number of rotatable bonds is 4. The first-order valence-corrected chi connectivity index (χ1v) is 4.31. The Morgan fingerprint density at radius 3 is 2.47 bits per heavy atom. The summed E-state index contributed by atoms with van der Waals surface area (Å²) in [6.07, 6.45) is 0. The predicted molar refractivity (Wildman–Crippen MR) is 57.4 cm³/mol. The molecule has 0 radical (unpaired) electrons. The van der Waals surface area contributed by atoms with E-state index in [0.717, 1.165) is 0 Å². The van der Waals surface area contributed by atoms with Crippen molar-refractivity contribution in [1.82, 2.24) is 0 Å². The van der Waals surface area contributed by atoms with Crippen LogP contribution in [0.2, 0.25) is 0 Å². The number of para-hydroxylation sites is 2. The van der Waals surface area contributed by atoms with E-state index in [1.807, 2.05) is 18.2 Å². The van der Waals surface area contributed by atoms with Gasteiger partial charge in [-0.15, -0.1) is 0 Å². The van der Waals surface area contributed by atoms with Crippen molar-refractivity contribution in [2.45, 2.75) is 0 Å². The number of nitrogens with one attached hydrogen (secondary N) is 1. The molecule has 6 nitrogen and oxygen atoms in total. The Morgan fingerprint density at radius 2 is 1.93 bits per heavy atom. The summed E-state index contributed by atoms with van der Waals surface area (Å²) < 4.78 is 1.29. The highest BCUT2D eigenvalue weighted by Gasteiger charge is 2.12. The minimum atomic E-state index is 0.0443. The van der Waals surface area contributed by atoms with Gasteiger partial charge in [0.2, 0.25) is 0 Å². The summed E-state index contributed by atoms with van der Waals surface area (Å²) in [5.41, 5.74) is 15.0. The summed E-state index contributed by atoms with van der Waals surface area (Å²) in [5.74, 6) is 0.0443. The highest BCUT2D eigenvalue weighted by atomic mass is 16.7. The second-order valence-corrected chi connectivity index (χ2v) is 2.73. The molecule has 0 fully saturated rings. The SMILES string of the molecule is CONc1ccccc1[N+](OC)=C(N)N. The highest BCUT2D eigenvalue weighted by Crippen LogP contribution is 2.23. The second kappa shape index (κ2) is 5.06. The van der Waals surface area contributed by atoms with Gasteiger partial charge < -0.3 is 4.84 Å². The molecule has 1 aromatic carbocycles. The van der Waals surface area contributed by atoms with Crippen LogP contribution in [-0.2, 0) is 9.68 Å². The van der Waals surface area contributed by atoms with Crippen LogP contribution >= 0.6 is 0 Å². The molecule has 5 N–H and O–H groups in total. The van der Waals surface area contributed by atoms with Crippen molar-refractivity contribution in [2.75, 3.05) is 19.7 Å². The Balaban J connectivity index is 3.17. The van der Waals surface area contributed by atoms with E-state index in [1.54, 1.807) is 6.07 Å². The molecule has 0 amide bonds. The second-order valence-electron chi connectivity index (χ2n) is 2.73. The van der Waals surface area contributed by atoms with Crippen LogP contribution in [0.3, 0.4) is 0 Å². The van der Waals surface area contributed by atoms with Crippen LogP contribution in [0.25, 0.3) is 0 Å². The van der Waals surface area contributed by atoms with Gasteiger partial charge in [-0.3, -0.25) is 21.8 Å². The lowest BCUT2D eigenvalue weighted by molar-refractivity contribution is -0.721. The molecule has 0 saturated carbocycles. The number of nitrogens with zero attached hydrogens (tertiary/aromatic N) is 1. The quantitative estimate of drug-likeness (QED) is 0.285. The Labute approximate surface area is 88.0 Å². The molecule has 0 unspecified atom stereocenters. The first-order chi connectivity index (χ1) is 7.20. The fraction of sp³-hybridized carbons (Fsp3) is 0.222. The Hall–Kier alpha value is -1.95. The lowest BCUT2D eigenvalue weighted by Crippen LogP contribution is -2.33. The van der Waals surface area contributed by atoms with Crippen molar-refractivity contribution in [3.05, 3.63) is 24.3 Å². The molecule has 0 aliphatic heterocycles. The first kappa shape index (κ1) is 11.1. The fourth-order valence-electron chi connectivity index (χ4n) is 1.19. The summed E-state index contributed by atoms with van der Waals surface area (Å²) in [7, 11) is 2.99. The summed E-state index contributed by atoms with van der Waals surface area (Å²) >= 11 is 0. The molecule has 1 rings (SSSR count). The topological polar surface area (TPSA) is 85.5 Å². The smallest absolute Gasteiger partial charge is 0.360 e. The van der Waals surface area contributed by atoms with E-state index in [4.69, 9.17) is 21.1 Å². The molecule has 15 heavy (non-hydrogen) atoms. The summed E-state index contributed by atoms with van der Waals surface area (Å²) in [4.78, 5) is 9.86. The molecule has 0 aromatic heterocycles. The Kier molecular flexibility index (Phi) is 3.75. The van der Waals surface area contributed by atoms with Gasteiger partial charge in [-0.05, 0) is 12.1 Å². The molecule has 1 aromatic rings. The van der Waals surface area contributed by atoms with E-state index in [2.05, 4.69) is 5.48 Å². The van der Waals surface area contributed by atoms with Gasteiger partial charge in [-0.2, -0.15) is 0 Å². The molecular formula is C9H15N4O2+. The van der Waals surface area contributed by atoms with Crippen molar-refractivity contribution in [3.63, 3.8) is 0 Å². The number of guanidine groups is 1. The van der Waals surface area contributed by atoms with Crippen LogP contribution in [0, 0.1) is 0 Å². The molecular weight excluding hydrogens is 196 g/mol. The van der Waals surface area contributed by atoms with Crippen molar-refractivity contribution >= 4 is 17.3 Å². The van der Waals surface area contributed by atoms with Gasteiger partial charge in [-0.1, -0.05) is 16.9 Å². The third-order valence-electron chi connectivity index (χ3n) is 1.75. The number of hydrogen-bond donors (Lipinski definition) is 3. The van der Waals surface area contributed by atoms with Crippen LogP contribution in [0.5, 0.6) is 0 Å². The zero-order valence-electron chi connectivity index (χ0n) is 8.73. The van der Waals surface area contributed by atoms with Crippen LogP contribution in [0.4, 0.5) is 11.4 Å². The zero-order chi connectivity index (χ0) is 11.3. The van der Waals surface area contributed by atoms with Gasteiger partial charge in [0.1, 0.15) is 12.8 Å². The molecule has 0 spiro atoms. The fourth-order valence-corrected chi connectivity index (χ4v) is 1.19. The molecule has 0 aliphatic carbocycles. The molecule has 6 heteroatoms. The number of hydrogen-bond acceptors (Lipinski definition) is 3. The molecule has 0 bridgehead atoms. The zero-order valence-corrected chi connectivity index (χ0v) is 8.73. The van der Waals surface area contributed by atoms with Crippen LogP contribution in [0.15, 0.2) is 24.3 Å². The maximum Gasteiger partial charge on any atom is 0.383 e. The average molecular weight is 211 g/mol. The third kappa shape index (κ3) is 2.50. The lowest BCUT2D eigenvalue weighted by atomic mass is 10.3. The monoisotopic (exact) mass is 211 g/mol. The third-order valence-corrected chi connectivity index (χ3v) is 1.75. The minimum Gasteiger partial charge on any atom is -0.360 e. The van der Waals surface area contributed by atoms with Crippen molar-refractivity contribution in [2.24, 2.45) is 11.5 Å². The molecule has 0 atom stereocenters. The van der Waals surface area contributed by atoms with Crippen LogP contribution < -0.4 is 16.9 Å². The summed E-state index contributed by atoms with van der Waals surface area (Å²) in [5, 5.41) is 0. The molecule has 0 aliphatic rings. The Bertz CT molecular complexity index is 361. The summed E-state index contributed by atoms with van der Waals surface area (Å²) in [6, 6.07) is 7.30. The maximum atomic E-state index is 5.47. The minimum absolute atomic E-state index is 0.0443. The van der Waals surface area contributed by atoms with Gasteiger partial charge in [0.05, 0.1) is 7.11 Å². The van der Waals surface area contributed by atoms with Gasteiger partial charge >= 0.3 is 5.96 Å². The van der Waals surface area contributed by atoms with Crippen molar-refractivity contribution < 1.29 is 14.4 Å². The van der Waals surface area contributed by atoms with E-state index >= 15 is 0 Å². The van der Waals surface area contributed by atoms with Crippen LogP contribution in [0.1, 0.15) is 0 Å². The van der Waals surface area contributed by atoms with Gasteiger partial charge in [0.15, 0.2) is 5.69 Å². The van der Waals surface area contributed by atoms with Gasteiger partial charge in [0, 0.05) is 0 Å². The predicted octanol–water partition coefficient (Wildman–Crippen LogP) is 0.139. The summed E-state index contributed by atoms with van der Waals surface area (Å²) in [6.45, 7) is 0. The molecule has 0 heterocycles. The first-order valence-electron chi connectivity index (χ1n) is 4.31. The number of anilines is 1. The van der Waals surface area contributed by atoms with E-state index < -0.39 is 0 Å². The van der Waals surface area contributed by atoms with E-state index in [1.165, 1.54) is 19.0 Å². The van der Waals surface area contributed by atoms with Crippen molar-refractivity contribution in [1.29, 1.82) is 0 Å². The van der Waals surface area contributed by atoms with E-state index in [-0.39, 0.29) is 5.96 Å². The average Bonchev–Trinajstić information content (AvgIpc) is 2.21. The van der Waals surface area contributed by atoms with E-state index in [0.29, 0.717) is 11.4 Å². The van der Waals surface area contributed by atoms with Crippen molar-refractivity contribution in [3.8, 4) is 0 Å². The lowest BCUT2D eigenvalue weighted by Gasteiger charge is -2.11. The Morgan fingerprint density at radius 1 is 1.27 bits per heavy atom. The highest BCUT2D eigenvalue weighted by molar-refractivity contribution is 5.73. The molecule has 0 saturated heterocycles. The number of nitrogens with two attached hydrogens (primary N) is 2. The van der Waals surface area contributed by atoms with E-state index in [9.17, 15) is 0 Å². The van der Waals surface area contributed by atoms with Gasteiger partial charge in [0.25, 0.3) is 0 Å². The van der Waals surface area contributed by atoms with Crippen LogP contribution in [-0.4, -0.2) is 24.9 Å². The largest absolute Gasteiger partial charge is 0.383 e.